The van der Waals surface area contributed by atoms with Gasteiger partial charge in [0.05, 0.1) is 16.5 Å². The Hall–Kier alpha value is -0.950. The fourth-order valence-corrected chi connectivity index (χ4v) is 4.31. The van der Waals surface area contributed by atoms with Gasteiger partial charge in [-0.3, -0.25) is 9.19 Å². The van der Waals surface area contributed by atoms with Gasteiger partial charge in [0.25, 0.3) is 0 Å². The Morgan fingerprint density at radius 1 is 1.60 bits per heavy atom. The molecular weight excluding hydrogens is 296 g/mol. The molecule has 112 valence electrons. The van der Waals surface area contributed by atoms with E-state index in [-0.39, 0.29) is 11.3 Å². The summed E-state index contributed by atoms with van der Waals surface area (Å²) in [5, 5.41) is 0.0321. The summed E-state index contributed by atoms with van der Waals surface area (Å²) < 4.78 is 17.6. The van der Waals surface area contributed by atoms with Gasteiger partial charge in [-0.25, -0.2) is 4.79 Å². The maximum absolute atomic E-state index is 12.3. The summed E-state index contributed by atoms with van der Waals surface area (Å²) in [4.78, 5) is 18.6. The first kappa shape index (κ1) is 15.4. The van der Waals surface area contributed by atoms with E-state index in [1.807, 2.05) is 20.8 Å². The number of carbonyl (C=O) groups excluding carboxylic acids is 1. The summed E-state index contributed by atoms with van der Waals surface area (Å²) in [6, 6.07) is 0. The van der Waals surface area contributed by atoms with Crippen LogP contribution in [0.2, 0.25) is 0 Å². The third kappa shape index (κ3) is 4.28. The minimum Gasteiger partial charge on any atom is -0.444 e. The topological polar surface area (TPSA) is 59.5 Å². The summed E-state index contributed by atoms with van der Waals surface area (Å²) in [5.74, 6) is 0.525. The molecule has 0 N–H and O–H groups in total. The Morgan fingerprint density at radius 3 is 2.95 bits per heavy atom. The zero-order valence-electron chi connectivity index (χ0n) is 12.0. The second kappa shape index (κ2) is 6.22. The molecule has 0 unspecified atom stereocenters. The van der Waals surface area contributed by atoms with Gasteiger partial charge in [-0.15, -0.1) is 11.3 Å². The fraction of sp³-hybridized carbons (Fsp3) is 0.692. The van der Waals surface area contributed by atoms with Crippen LogP contribution in [0.3, 0.4) is 0 Å². The van der Waals surface area contributed by atoms with Crippen molar-refractivity contribution in [3.05, 3.63) is 16.6 Å². The lowest BCUT2D eigenvalue weighted by atomic mass is 10.2. The summed E-state index contributed by atoms with van der Waals surface area (Å²) in [7, 11) is -0.964. The summed E-state index contributed by atoms with van der Waals surface area (Å²) in [6.45, 7) is 6.68. The smallest absolute Gasteiger partial charge is 0.410 e. The molecule has 1 saturated heterocycles. The van der Waals surface area contributed by atoms with Crippen molar-refractivity contribution in [2.75, 3.05) is 13.1 Å². The standard InChI is InChI=1S/C13H20N2O3S2/c1-13(2,3)18-12(16)15-5-4-11(7-15)20(17)8-10-6-14-9-19-10/h6,9,11H,4-5,7-8H2,1-3H3/t11-,20-/m0/s1. The van der Waals surface area contributed by atoms with Crippen LogP contribution in [0.15, 0.2) is 11.7 Å². The number of hydrogen-bond donors (Lipinski definition) is 0. The second-order valence-electron chi connectivity index (χ2n) is 5.83. The molecule has 20 heavy (non-hydrogen) atoms. The van der Waals surface area contributed by atoms with Crippen molar-refractivity contribution < 1.29 is 13.7 Å². The van der Waals surface area contributed by atoms with E-state index in [2.05, 4.69) is 4.98 Å². The highest BCUT2D eigenvalue weighted by Crippen LogP contribution is 2.21. The van der Waals surface area contributed by atoms with Crippen LogP contribution in [0, 0.1) is 0 Å². The number of thiazole rings is 1. The van der Waals surface area contributed by atoms with Crippen molar-refractivity contribution in [3.8, 4) is 0 Å². The van der Waals surface area contributed by atoms with Gasteiger partial charge in [0, 0.05) is 35.0 Å². The zero-order chi connectivity index (χ0) is 14.8. The first-order valence-electron chi connectivity index (χ1n) is 6.57. The normalized spacial score (nSPS) is 20.9. The van der Waals surface area contributed by atoms with E-state index in [1.54, 1.807) is 16.6 Å². The number of amides is 1. The Balaban J connectivity index is 1.85. The molecule has 0 radical (unpaired) electrons. The van der Waals surface area contributed by atoms with E-state index in [9.17, 15) is 9.00 Å². The lowest BCUT2D eigenvalue weighted by molar-refractivity contribution is 0.0295. The van der Waals surface area contributed by atoms with Gasteiger partial charge in [-0.2, -0.15) is 0 Å². The van der Waals surface area contributed by atoms with Crippen molar-refractivity contribution >= 4 is 28.2 Å². The molecule has 2 atom stereocenters. The summed E-state index contributed by atoms with van der Waals surface area (Å²) in [6.07, 6.45) is 2.21. The Morgan fingerprint density at radius 2 is 2.35 bits per heavy atom. The number of hydrogen-bond acceptors (Lipinski definition) is 5. The molecule has 0 spiro atoms. The third-order valence-corrected chi connectivity index (χ3v) is 5.62. The molecule has 0 aliphatic carbocycles. The van der Waals surface area contributed by atoms with Gasteiger partial charge in [0.15, 0.2) is 0 Å². The highest BCUT2D eigenvalue weighted by molar-refractivity contribution is 7.85. The first-order valence-corrected chi connectivity index (χ1v) is 8.84. The van der Waals surface area contributed by atoms with Crippen LogP contribution in [-0.2, 0) is 21.3 Å². The van der Waals surface area contributed by atoms with Gasteiger partial charge >= 0.3 is 6.09 Å². The van der Waals surface area contributed by atoms with Crippen molar-refractivity contribution in [1.82, 2.24) is 9.88 Å². The number of likely N-dealkylation sites (tertiary alicyclic amines) is 1. The van der Waals surface area contributed by atoms with Crippen LogP contribution in [-0.4, -0.2) is 44.1 Å². The number of carbonyl (C=O) groups is 1. The molecule has 5 nitrogen and oxygen atoms in total. The Labute approximate surface area is 125 Å². The van der Waals surface area contributed by atoms with Gasteiger partial charge in [0.2, 0.25) is 0 Å². The third-order valence-electron chi connectivity index (χ3n) is 2.94. The van der Waals surface area contributed by atoms with Crippen LogP contribution in [0.25, 0.3) is 0 Å². The molecule has 0 aromatic carbocycles. The van der Waals surface area contributed by atoms with Crippen LogP contribution in [0.5, 0.6) is 0 Å². The average Bonchev–Trinajstić information content (AvgIpc) is 2.96. The van der Waals surface area contributed by atoms with Crippen LogP contribution < -0.4 is 0 Å². The Kier molecular flexibility index (Phi) is 4.80. The molecule has 2 heterocycles. The monoisotopic (exact) mass is 316 g/mol. The summed E-state index contributed by atoms with van der Waals surface area (Å²) >= 11 is 1.52. The predicted molar refractivity (Wildman–Crippen MR) is 80.2 cm³/mol. The maximum Gasteiger partial charge on any atom is 0.410 e. The number of nitrogens with zero attached hydrogens (tertiary/aromatic N) is 2. The second-order valence-corrected chi connectivity index (χ2v) is 8.52. The molecular formula is C13H20N2O3S2. The van der Waals surface area contributed by atoms with E-state index in [0.717, 1.165) is 11.3 Å². The van der Waals surface area contributed by atoms with Crippen LogP contribution in [0.4, 0.5) is 4.79 Å². The van der Waals surface area contributed by atoms with E-state index in [1.165, 1.54) is 11.3 Å². The molecule has 7 heteroatoms. The van der Waals surface area contributed by atoms with Crippen molar-refractivity contribution in [2.24, 2.45) is 0 Å². The average molecular weight is 316 g/mol. The predicted octanol–water partition coefficient (Wildman–Crippen LogP) is 2.40. The van der Waals surface area contributed by atoms with E-state index < -0.39 is 16.4 Å². The van der Waals surface area contributed by atoms with E-state index in [0.29, 0.717) is 18.8 Å². The maximum atomic E-state index is 12.3. The fourth-order valence-electron chi connectivity index (χ4n) is 2.01. The first-order chi connectivity index (χ1) is 9.35. The van der Waals surface area contributed by atoms with Gasteiger partial charge in [-0.1, -0.05) is 0 Å². The van der Waals surface area contributed by atoms with Gasteiger partial charge < -0.3 is 9.64 Å². The quantitative estimate of drug-likeness (QED) is 0.859. The minimum atomic E-state index is -0.964. The largest absolute Gasteiger partial charge is 0.444 e. The molecule has 0 saturated carbocycles. The van der Waals surface area contributed by atoms with Crippen LogP contribution >= 0.6 is 11.3 Å². The molecule has 1 aliphatic heterocycles. The zero-order valence-corrected chi connectivity index (χ0v) is 13.6. The van der Waals surface area contributed by atoms with Crippen molar-refractivity contribution in [3.63, 3.8) is 0 Å². The molecule has 0 bridgehead atoms. The SMILES string of the molecule is CC(C)(C)OC(=O)N1CC[C@H]([S@@](=O)Cc2cncs2)C1. The van der Waals surface area contributed by atoms with Crippen LogP contribution in [0.1, 0.15) is 32.1 Å². The molecule has 1 aromatic heterocycles. The van der Waals surface area contributed by atoms with E-state index >= 15 is 0 Å². The number of ether oxygens (including phenoxy) is 1. The highest BCUT2D eigenvalue weighted by Gasteiger charge is 2.32. The summed E-state index contributed by atoms with van der Waals surface area (Å²) in [5.41, 5.74) is 1.26. The van der Waals surface area contributed by atoms with Gasteiger partial charge in [0.1, 0.15) is 5.60 Å². The molecule has 1 aliphatic rings. The lowest BCUT2D eigenvalue weighted by Crippen LogP contribution is -2.36. The minimum absolute atomic E-state index is 0.0321. The molecule has 2 rings (SSSR count). The molecule has 1 amide bonds. The molecule has 1 aromatic rings. The van der Waals surface area contributed by atoms with Gasteiger partial charge in [-0.05, 0) is 27.2 Å². The highest BCUT2D eigenvalue weighted by atomic mass is 32.2. The Bertz CT molecular complexity index is 482. The van der Waals surface area contributed by atoms with Crippen molar-refractivity contribution in [1.29, 1.82) is 0 Å². The molecule has 1 fully saturated rings. The van der Waals surface area contributed by atoms with Crippen molar-refractivity contribution in [2.45, 2.75) is 43.8 Å². The van der Waals surface area contributed by atoms with E-state index in [4.69, 9.17) is 4.74 Å². The number of rotatable bonds is 3. The number of aromatic nitrogens is 1. The lowest BCUT2D eigenvalue weighted by Gasteiger charge is -2.24.